The number of amides is 1. The van der Waals surface area contributed by atoms with Crippen molar-refractivity contribution in [3.8, 4) is 10.6 Å². The SMILES string of the molecule is Cc1nc(-c2ccc(C(F)(F)F)cc2)sc1CNc1ccc([C@@H]2C[C@H]2C(N)=O)cc1. The second-order valence-corrected chi connectivity index (χ2v) is 8.51. The number of hydrogen-bond acceptors (Lipinski definition) is 4. The summed E-state index contributed by atoms with van der Waals surface area (Å²) in [7, 11) is 0. The summed E-state index contributed by atoms with van der Waals surface area (Å²) in [5.74, 6) is -0.0643. The van der Waals surface area contributed by atoms with Crippen molar-refractivity contribution < 1.29 is 18.0 Å². The fourth-order valence-corrected chi connectivity index (χ4v) is 4.43. The van der Waals surface area contributed by atoms with Crippen LogP contribution in [-0.2, 0) is 17.5 Å². The Hall–Kier alpha value is -2.87. The molecule has 1 aromatic heterocycles. The molecule has 3 N–H and O–H groups in total. The zero-order valence-corrected chi connectivity index (χ0v) is 17.0. The number of benzene rings is 2. The van der Waals surface area contributed by atoms with Crippen molar-refractivity contribution in [2.24, 2.45) is 11.7 Å². The first-order valence-corrected chi connectivity index (χ1v) is 10.3. The number of hydrogen-bond donors (Lipinski definition) is 2. The van der Waals surface area contributed by atoms with E-state index in [1.807, 2.05) is 31.2 Å². The lowest BCUT2D eigenvalue weighted by molar-refractivity contribution is -0.137. The average molecular weight is 431 g/mol. The molecule has 0 radical (unpaired) electrons. The molecule has 0 unspecified atom stereocenters. The highest BCUT2D eigenvalue weighted by Crippen LogP contribution is 2.47. The molecule has 0 spiro atoms. The van der Waals surface area contributed by atoms with Gasteiger partial charge in [-0.15, -0.1) is 11.3 Å². The summed E-state index contributed by atoms with van der Waals surface area (Å²) < 4.78 is 38.2. The molecule has 2 aromatic carbocycles. The van der Waals surface area contributed by atoms with Gasteiger partial charge in [-0.2, -0.15) is 13.2 Å². The molecule has 4 nitrogen and oxygen atoms in total. The van der Waals surface area contributed by atoms with Gasteiger partial charge in [0.15, 0.2) is 0 Å². The topological polar surface area (TPSA) is 68.0 Å². The molecule has 1 heterocycles. The van der Waals surface area contributed by atoms with E-state index < -0.39 is 11.7 Å². The summed E-state index contributed by atoms with van der Waals surface area (Å²) in [5.41, 5.74) is 8.25. The van der Waals surface area contributed by atoms with Gasteiger partial charge in [0.25, 0.3) is 0 Å². The molecule has 1 fully saturated rings. The Bertz CT molecular complexity index is 1060. The summed E-state index contributed by atoms with van der Waals surface area (Å²) in [6.45, 7) is 2.46. The number of aryl methyl sites for hydroxylation is 1. The molecule has 0 saturated heterocycles. The van der Waals surface area contributed by atoms with E-state index in [-0.39, 0.29) is 17.7 Å². The number of alkyl halides is 3. The van der Waals surface area contributed by atoms with Crippen LogP contribution in [0.5, 0.6) is 0 Å². The number of halogens is 3. The number of rotatable bonds is 6. The molecule has 2 atom stereocenters. The number of nitrogens with two attached hydrogens (primary N) is 1. The standard InChI is InChI=1S/C22H20F3N3OS/c1-12-19(30-21(28-12)14-2-6-15(7-3-14)22(23,24)25)11-27-16-8-4-13(5-9-16)17-10-18(17)20(26)29/h2-9,17-18,27H,10-11H2,1H3,(H2,26,29)/t17-,18+/m0/s1. The van der Waals surface area contributed by atoms with Crippen molar-refractivity contribution in [3.05, 3.63) is 70.2 Å². The lowest BCUT2D eigenvalue weighted by Crippen LogP contribution is -2.13. The van der Waals surface area contributed by atoms with Crippen molar-refractivity contribution in [1.82, 2.24) is 4.98 Å². The van der Waals surface area contributed by atoms with Crippen molar-refractivity contribution >= 4 is 22.9 Å². The normalized spacial score (nSPS) is 18.3. The van der Waals surface area contributed by atoms with Gasteiger partial charge in [-0.1, -0.05) is 24.3 Å². The van der Waals surface area contributed by atoms with E-state index in [9.17, 15) is 18.0 Å². The minimum absolute atomic E-state index is 0.0488. The maximum atomic E-state index is 12.7. The molecule has 0 bridgehead atoms. The third-order valence-corrected chi connectivity index (χ3v) is 6.51. The molecular weight excluding hydrogens is 411 g/mol. The van der Waals surface area contributed by atoms with Gasteiger partial charge in [0.2, 0.25) is 5.91 Å². The Morgan fingerprint density at radius 1 is 1.17 bits per heavy atom. The van der Waals surface area contributed by atoms with Crippen molar-refractivity contribution in [2.45, 2.75) is 32.0 Å². The molecule has 156 valence electrons. The van der Waals surface area contributed by atoms with Gasteiger partial charge < -0.3 is 11.1 Å². The van der Waals surface area contributed by atoms with Crippen LogP contribution >= 0.6 is 11.3 Å². The number of carbonyl (C=O) groups is 1. The molecule has 1 aliphatic carbocycles. The van der Waals surface area contributed by atoms with E-state index in [1.165, 1.54) is 23.5 Å². The van der Waals surface area contributed by atoms with E-state index in [0.717, 1.165) is 40.4 Å². The second kappa shape index (κ2) is 7.75. The Balaban J connectivity index is 1.40. The third kappa shape index (κ3) is 4.33. The number of thiazole rings is 1. The molecule has 0 aliphatic heterocycles. The van der Waals surface area contributed by atoms with Crippen LogP contribution in [0.4, 0.5) is 18.9 Å². The highest BCUT2D eigenvalue weighted by molar-refractivity contribution is 7.15. The summed E-state index contributed by atoms with van der Waals surface area (Å²) in [5, 5.41) is 4.04. The minimum atomic E-state index is -4.35. The molecule has 4 rings (SSSR count). The molecule has 1 amide bonds. The zero-order valence-electron chi connectivity index (χ0n) is 16.2. The molecule has 8 heteroatoms. The number of aromatic nitrogens is 1. The van der Waals surface area contributed by atoms with E-state index in [4.69, 9.17) is 5.73 Å². The predicted molar refractivity (Wildman–Crippen MR) is 111 cm³/mol. The van der Waals surface area contributed by atoms with Gasteiger partial charge in [-0.05, 0) is 49.1 Å². The Morgan fingerprint density at radius 3 is 2.40 bits per heavy atom. The van der Waals surface area contributed by atoms with Gasteiger partial charge in [0.05, 0.1) is 17.8 Å². The minimum Gasteiger partial charge on any atom is -0.380 e. The van der Waals surface area contributed by atoms with Crippen molar-refractivity contribution in [1.29, 1.82) is 0 Å². The number of carbonyl (C=O) groups excluding carboxylic acids is 1. The third-order valence-electron chi connectivity index (χ3n) is 5.30. The predicted octanol–water partition coefficient (Wildman–Crippen LogP) is 5.34. The van der Waals surface area contributed by atoms with Crippen LogP contribution < -0.4 is 11.1 Å². The van der Waals surface area contributed by atoms with Crippen LogP contribution in [0.1, 0.15) is 34.0 Å². The van der Waals surface area contributed by atoms with E-state index in [0.29, 0.717) is 17.1 Å². The van der Waals surface area contributed by atoms with Crippen LogP contribution in [0.2, 0.25) is 0 Å². The number of nitrogens with one attached hydrogen (secondary N) is 1. The fraction of sp³-hybridized carbons (Fsp3) is 0.273. The fourth-order valence-electron chi connectivity index (χ4n) is 3.43. The lowest BCUT2D eigenvalue weighted by atomic mass is 10.1. The van der Waals surface area contributed by atoms with Gasteiger partial charge in [-0.3, -0.25) is 4.79 Å². The number of anilines is 1. The Kier molecular flexibility index (Phi) is 5.27. The highest BCUT2D eigenvalue weighted by atomic mass is 32.1. The van der Waals surface area contributed by atoms with Crippen LogP contribution in [0, 0.1) is 12.8 Å². The van der Waals surface area contributed by atoms with Crippen LogP contribution in [-0.4, -0.2) is 10.9 Å². The average Bonchev–Trinajstić information content (AvgIpc) is 3.43. The van der Waals surface area contributed by atoms with Crippen molar-refractivity contribution in [3.63, 3.8) is 0 Å². The maximum absolute atomic E-state index is 12.7. The summed E-state index contributed by atoms with van der Waals surface area (Å²) >= 11 is 1.46. The highest BCUT2D eigenvalue weighted by Gasteiger charge is 2.42. The van der Waals surface area contributed by atoms with Gasteiger partial charge in [-0.25, -0.2) is 4.98 Å². The monoisotopic (exact) mass is 431 g/mol. The summed E-state index contributed by atoms with van der Waals surface area (Å²) in [6.07, 6.45) is -3.53. The van der Waals surface area contributed by atoms with Crippen LogP contribution in [0.15, 0.2) is 48.5 Å². The lowest BCUT2D eigenvalue weighted by Gasteiger charge is -2.07. The molecular formula is C22H20F3N3OS. The quantitative estimate of drug-likeness (QED) is 0.554. The number of nitrogens with zero attached hydrogens (tertiary/aromatic N) is 1. The smallest absolute Gasteiger partial charge is 0.380 e. The van der Waals surface area contributed by atoms with Gasteiger partial charge >= 0.3 is 6.18 Å². The first kappa shape index (κ1) is 20.4. The Labute approximate surface area is 176 Å². The second-order valence-electron chi connectivity index (χ2n) is 7.43. The van der Waals surface area contributed by atoms with Gasteiger partial charge in [0.1, 0.15) is 5.01 Å². The van der Waals surface area contributed by atoms with Crippen LogP contribution in [0.3, 0.4) is 0 Å². The number of primary amides is 1. The van der Waals surface area contributed by atoms with Crippen LogP contribution in [0.25, 0.3) is 10.6 Å². The molecule has 30 heavy (non-hydrogen) atoms. The maximum Gasteiger partial charge on any atom is 0.416 e. The van der Waals surface area contributed by atoms with E-state index in [2.05, 4.69) is 10.3 Å². The van der Waals surface area contributed by atoms with E-state index >= 15 is 0 Å². The first-order valence-electron chi connectivity index (χ1n) is 9.49. The summed E-state index contributed by atoms with van der Waals surface area (Å²) in [4.78, 5) is 16.8. The first-order chi connectivity index (χ1) is 14.2. The van der Waals surface area contributed by atoms with Crippen molar-refractivity contribution in [2.75, 3.05) is 5.32 Å². The largest absolute Gasteiger partial charge is 0.416 e. The Morgan fingerprint density at radius 2 is 1.83 bits per heavy atom. The molecule has 3 aromatic rings. The molecule has 1 aliphatic rings. The van der Waals surface area contributed by atoms with E-state index in [1.54, 1.807) is 0 Å². The molecule has 1 saturated carbocycles. The summed E-state index contributed by atoms with van der Waals surface area (Å²) in [6, 6.07) is 13.0. The zero-order chi connectivity index (χ0) is 21.5. The van der Waals surface area contributed by atoms with Gasteiger partial charge in [0, 0.05) is 22.0 Å².